The molecule has 1 saturated heterocycles. The van der Waals surface area contributed by atoms with Crippen molar-refractivity contribution in [2.24, 2.45) is 0 Å². The zero-order chi connectivity index (χ0) is 11.5. The Balaban J connectivity index is 1.88. The quantitative estimate of drug-likeness (QED) is 0.795. The molecule has 1 aromatic carbocycles. The fourth-order valence-corrected chi connectivity index (χ4v) is 2.34. The minimum Gasteiger partial charge on any atom is -0.341 e. The molecule has 1 heterocycles. The number of amides is 1. The number of hydrogen-bond donors (Lipinski definition) is 1. The van der Waals surface area contributed by atoms with Gasteiger partial charge in [-0.1, -0.05) is 29.8 Å². The van der Waals surface area contributed by atoms with Crippen molar-refractivity contribution >= 4 is 18.5 Å². The zero-order valence-electron chi connectivity index (χ0n) is 9.52. The van der Waals surface area contributed by atoms with E-state index in [1.165, 1.54) is 11.1 Å². The third-order valence-electron chi connectivity index (χ3n) is 2.99. The van der Waals surface area contributed by atoms with Crippen LogP contribution in [0.1, 0.15) is 17.5 Å². The van der Waals surface area contributed by atoms with Gasteiger partial charge in [0.15, 0.2) is 0 Å². The van der Waals surface area contributed by atoms with Crippen LogP contribution in [-0.4, -0.2) is 29.1 Å². The van der Waals surface area contributed by atoms with Crippen molar-refractivity contribution in [3.8, 4) is 0 Å². The van der Waals surface area contributed by atoms with E-state index in [0.717, 1.165) is 19.5 Å². The average Bonchev–Trinajstić information content (AvgIpc) is 2.57. The molecule has 1 aliphatic heterocycles. The molecule has 1 aromatic rings. The Morgan fingerprint density at radius 2 is 2.06 bits per heavy atom. The number of thiol groups is 1. The molecule has 0 bridgehead atoms. The number of rotatable bonds is 3. The fraction of sp³-hybridized carbons (Fsp3) is 0.462. The third-order valence-corrected chi connectivity index (χ3v) is 3.33. The molecule has 0 saturated carbocycles. The molecule has 2 rings (SSSR count). The van der Waals surface area contributed by atoms with Crippen molar-refractivity contribution in [1.29, 1.82) is 0 Å². The van der Waals surface area contributed by atoms with Gasteiger partial charge in [-0.15, -0.1) is 0 Å². The molecule has 1 unspecified atom stereocenters. The van der Waals surface area contributed by atoms with E-state index in [9.17, 15) is 4.79 Å². The van der Waals surface area contributed by atoms with Crippen molar-refractivity contribution in [2.45, 2.75) is 25.0 Å². The van der Waals surface area contributed by atoms with Crippen LogP contribution in [0.3, 0.4) is 0 Å². The second-order valence-corrected chi connectivity index (χ2v) is 5.16. The van der Waals surface area contributed by atoms with E-state index in [2.05, 4.69) is 43.8 Å². The molecule has 16 heavy (non-hydrogen) atoms. The SMILES string of the molecule is Cc1ccc(CCN2CC(S)CC2=O)cc1. The minimum absolute atomic E-state index is 0.227. The Kier molecular flexibility index (Phi) is 3.54. The van der Waals surface area contributed by atoms with Gasteiger partial charge < -0.3 is 4.90 Å². The standard InChI is InChI=1S/C13H17NOS/c1-10-2-4-11(5-3-10)6-7-14-9-12(16)8-13(14)15/h2-5,12,16H,6-9H2,1H3. The Hall–Kier alpha value is -0.960. The van der Waals surface area contributed by atoms with Gasteiger partial charge in [0, 0.05) is 24.8 Å². The topological polar surface area (TPSA) is 20.3 Å². The lowest BCUT2D eigenvalue weighted by Crippen LogP contribution is -2.27. The first-order valence-corrected chi connectivity index (χ1v) is 6.18. The van der Waals surface area contributed by atoms with Crippen molar-refractivity contribution in [3.63, 3.8) is 0 Å². The van der Waals surface area contributed by atoms with Gasteiger partial charge in [-0.3, -0.25) is 4.79 Å². The maximum atomic E-state index is 11.5. The van der Waals surface area contributed by atoms with Gasteiger partial charge in [0.05, 0.1) is 0 Å². The molecule has 0 radical (unpaired) electrons. The normalized spacial score (nSPS) is 20.5. The summed E-state index contributed by atoms with van der Waals surface area (Å²) in [6.07, 6.45) is 1.53. The number of aryl methyl sites for hydroxylation is 1. The Labute approximate surface area is 102 Å². The molecular formula is C13H17NOS. The molecule has 1 atom stereocenters. The van der Waals surface area contributed by atoms with Gasteiger partial charge in [0.1, 0.15) is 0 Å². The largest absolute Gasteiger partial charge is 0.341 e. The zero-order valence-corrected chi connectivity index (χ0v) is 10.4. The number of carbonyl (C=O) groups is 1. The van der Waals surface area contributed by atoms with Crippen LogP contribution >= 0.6 is 12.6 Å². The number of hydrogen-bond acceptors (Lipinski definition) is 2. The van der Waals surface area contributed by atoms with E-state index in [0.29, 0.717) is 6.42 Å². The van der Waals surface area contributed by atoms with E-state index in [1.807, 2.05) is 4.90 Å². The lowest BCUT2D eigenvalue weighted by Gasteiger charge is -2.15. The molecule has 1 aliphatic rings. The summed E-state index contributed by atoms with van der Waals surface area (Å²) in [4.78, 5) is 13.5. The highest BCUT2D eigenvalue weighted by molar-refractivity contribution is 7.81. The average molecular weight is 235 g/mol. The van der Waals surface area contributed by atoms with Crippen LogP contribution in [0.5, 0.6) is 0 Å². The van der Waals surface area contributed by atoms with Crippen molar-refractivity contribution in [3.05, 3.63) is 35.4 Å². The molecule has 86 valence electrons. The summed E-state index contributed by atoms with van der Waals surface area (Å²) in [6.45, 7) is 3.70. The van der Waals surface area contributed by atoms with E-state index in [-0.39, 0.29) is 11.2 Å². The summed E-state index contributed by atoms with van der Waals surface area (Å²) in [5.41, 5.74) is 2.57. The first-order chi connectivity index (χ1) is 7.65. The molecule has 0 aromatic heterocycles. The summed E-state index contributed by atoms with van der Waals surface area (Å²) < 4.78 is 0. The summed E-state index contributed by atoms with van der Waals surface area (Å²) >= 11 is 4.34. The maximum absolute atomic E-state index is 11.5. The van der Waals surface area contributed by atoms with Crippen LogP contribution in [-0.2, 0) is 11.2 Å². The van der Waals surface area contributed by atoms with Crippen LogP contribution < -0.4 is 0 Å². The highest BCUT2D eigenvalue weighted by Crippen LogP contribution is 2.16. The molecule has 0 N–H and O–H groups in total. The predicted octanol–water partition coefficient (Wildman–Crippen LogP) is 2.07. The first-order valence-electron chi connectivity index (χ1n) is 5.66. The molecular weight excluding hydrogens is 218 g/mol. The summed E-state index contributed by atoms with van der Waals surface area (Å²) in [5.74, 6) is 0.243. The second-order valence-electron chi connectivity index (χ2n) is 4.43. The van der Waals surface area contributed by atoms with Gasteiger partial charge in [-0.05, 0) is 18.9 Å². The molecule has 3 heteroatoms. The van der Waals surface area contributed by atoms with Gasteiger partial charge in [-0.2, -0.15) is 12.6 Å². The molecule has 1 amide bonds. The van der Waals surface area contributed by atoms with Gasteiger partial charge in [0.25, 0.3) is 0 Å². The number of likely N-dealkylation sites (tertiary alicyclic amines) is 1. The monoisotopic (exact) mass is 235 g/mol. The second kappa shape index (κ2) is 4.91. The summed E-state index contributed by atoms with van der Waals surface area (Å²) in [5, 5.41) is 0.227. The Morgan fingerprint density at radius 3 is 2.62 bits per heavy atom. The van der Waals surface area contributed by atoms with Gasteiger partial charge in [0.2, 0.25) is 5.91 Å². The molecule has 0 spiro atoms. The fourth-order valence-electron chi connectivity index (χ4n) is 1.99. The predicted molar refractivity (Wildman–Crippen MR) is 68.9 cm³/mol. The summed E-state index contributed by atoms with van der Waals surface area (Å²) in [7, 11) is 0. The van der Waals surface area contributed by atoms with Crippen molar-refractivity contribution in [1.82, 2.24) is 4.90 Å². The van der Waals surface area contributed by atoms with Gasteiger partial charge >= 0.3 is 0 Å². The minimum atomic E-state index is 0.227. The van der Waals surface area contributed by atoms with Crippen LogP contribution in [0.2, 0.25) is 0 Å². The smallest absolute Gasteiger partial charge is 0.223 e. The van der Waals surface area contributed by atoms with Crippen LogP contribution in [0.25, 0.3) is 0 Å². The van der Waals surface area contributed by atoms with Gasteiger partial charge in [-0.25, -0.2) is 0 Å². The lowest BCUT2D eigenvalue weighted by molar-refractivity contribution is -0.127. The van der Waals surface area contributed by atoms with Crippen LogP contribution in [0, 0.1) is 6.92 Å². The van der Waals surface area contributed by atoms with Crippen molar-refractivity contribution < 1.29 is 4.79 Å². The summed E-state index contributed by atoms with van der Waals surface area (Å²) in [6, 6.07) is 8.49. The van der Waals surface area contributed by atoms with E-state index < -0.39 is 0 Å². The Bertz CT molecular complexity index is 374. The number of carbonyl (C=O) groups excluding carboxylic acids is 1. The maximum Gasteiger partial charge on any atom is 0.223 e. The van der Waals surface area contributed by atoms with Crippen LogP contribution in [0.15, 0.2) is 24.3 Å². The Morgan fingerprint density at radius 1 is 1.38 bits per heavy atom. The lowest BCUT2D eigenvalue weighted by atomic mass is 10.1. The highest BCUT2D eigenvalue weighted by atomic mass is 32.1. The van der Waals surface area contributed by atoms with E-state index in [1.54, 1.807) is 0 Å². The van der Waals surface area contributed by atoms with E-state index in [4.69, 9.17) is 0 Å². The van der Waals surface area contributed by atoms with Crippen LogP contribution in [0.4, 0.5) is 0 Å². The molecule has 0 aliphatic carbocycles. The first kappa shape index (κ1) is 11.5. The number of nitrogens with zero attached hydrogens (tertiary/aromatic N) is 1. The van der Waals surface area contributed by atoms with E-state index >= 15 is 0 Å². The molecule has 2 nitrogen and oxygen atoms in total. The number of benzene rings is 1. The molecule has 1 fully saturated rings. The van der Waals surface area contributed by atoms with Crippen molar-refractivity contribution in [2.75, 3.05) is 13.1 Å². The third kappa shape index (κ3) is 2.79. The highest BCUT2D eigenvalue weighted by Gasteiger charge is 2.26.